The van der Waals surface area contributed by atoms with Crippen molar-refractivity contribution in [3.05, 3.63) is 0 Å². The molecule has 0 saturated heterocycles. The topological polar surface area (TPSA) is 46.5 Å². The van der Waals surface area contributed by atoms with Crippen molar-refractivity contribution in [2.45, 2.75) is 52.7 Å². The minimum absolute atomic E-state index is 0.234. The fraction of sp³-hybridized carbons (Fsp3) is 0.900. The van der Waals surface area contributed by atoms with Crippen LogP contribution in [0.15, 0.2) is 0 Å². The third-order valence-corrected chi connectivity index (χ3v) is 1.86. The molecule has 0 saturated carbocycles. The SMILES string of the molecule is CC[C@H](C(=O)O)[C@@H](C)OC(C)(C)C. The van der Waals surface area contributed by atoms with E-state index in [-0.39, 0.29) is 11.7 Å². The van der Waals surface area contributed by atoms with Gasteiger partial charge in [0.1, 0.15) is 0 Å². The van der Waals surface area contributed by atoms with Gasteiger partial charge in [0.15, 0.2) is 0 Å². The van der Waals surface area contributed by atoms with E-state index in [0.29, 0.717) is 6.42 Å². The van der Waals surface area contributed by atoms with E-state index in [2.05, 4.69) is 0 Å². The first-order valence-electron chi connectivity index (χ1n) is 4.68. The fourth-order valence-corrected chi connectivity index (χ4v) is 1.35. The van der Waals surface area contributed by atoms with Crippen LogP contribution in [0.2, 0.25) is 0 Å². The molecule has 0 spiro atoms. The van der Waals surface area contributed by atoms with Gasteiger partial charge < -0.3 is 9.84 Å². The van der Waals surface area contributed by atoms with Crippen LogP contribution in [-0.4, -0.2) is 22.8 Å². The van der Waals surface area contributed by atoms with Crippen LogP contribution in [0.1, 0.15) is 41.0 Å². The highest BCUT2D eigenvalue weighted by Crippen LogP contribution is 2.18. The molecule has 2 atom stereocenters. The summed E-state index contributed by atoms with van der Waals surface area (Å²) in [6, 6.07) is 0. The first-order valence-corrected chi connectivity index (χ1v) is 4.68. The van der Waals surface area contributed by atoms with Crippen LogP contribution >= 0.6 is 0 Å². The Morgan fingerprint density at radius 1 is 1.46 bits per heavy atom. The third kappa shape index (κ3) is 4.88. The van der Waals surface area contributed by atoms with Gasteiger partial charge in [-0.25, -0.2) is 0 Å². The largest absolute Gasteiger partial charge is 0.481 e. The Morgan fingerprint density at radius 3 is 2.15 bits per heavy atom. The van der Waals surface area contributed by atoms with Crippen LogP contribution in [0.3, 0.4) is 0 Å². The zero-order chi connectivity index (χ0) is 10.6. The van der Waals surface area contributed by atoms with Gasteiger partial charge in [-0.3, -0.25) is 4.79 Å². The van der Waals surface area contributed by atoms with Gasteiger partial charge in [0.2, 0.25) is 0 Å². The normalized spacial score (nSPS) is 16.7. The molecule has 3 heteroatoms. The Hall–Kier alpha value is -0.570. The summed E-state index contributed by atoms with van der Waals surface area (Å²) in [4.78, 5) is 10.8. The van der Waals surface area contributed by atoms with Gasteiger partial charge in [-0.1, -0.05) is 6.92 Å². The average Bonchev–Trinajstić information content (AvgIpc) is 1.82. The van der Waals surface area contributed by atoms with E-state index in [4.69, 9.17) is 9.84 Å². The van der Waals surface area contributed by atoms with Gasteiger partial charge in [-0.2, -0.15) is 0 Å². The molecule has 0 amide bonds. The predicted molar refractivity (Wildman–Crippen MR) is 51.7 cm³/mol. The van der Waals surface area contributed by atoms with E-state index in [1.165, 1.54) is 0 Å². The van der Waals surface area contributed by atoms with E-state index < -0.39 is 11.9 Å². The number of hydrogen-bond acceptors (Lipinski definition) is 2. The summed E-state index contributed by atoms with van der Waals surface area (Å²) in [5.41, 5.74) is -0.276. The summed E-state index contributed by atoms with van der Waals surface area (Å²) >= 11 is 0. The van der Waals surface area contributed by atoms with Gasteiger partial charge in [0, 0.05) is 0 Å². The molecular weight excluding hydrogens is 168 g/mol. The van der Waals surface area contributed by atoms with Gasteiger partial charge in [0.05, 0.1) is 17.6 Å². The van der Waals surface area contributed by atoms with E-state index in [1.54, 1.807) is 0 Å². The maximum Gasteiger partial charge on any atom is 0.309 e. The zero-order valence-corrected chi connectivity index (χ0v) is 9.13. The second-order valence-corrected chi connectivity index (χ2v) is 4.29. The Morgan fingerprint density at radius 2 is 1.92 bits per heavy atom. The molecule has 0 aliphatic rings. The number of carboxylic acids is 1. The van der Waals surface area contributed by atoms with Crippen molar-refractivity contribution in [2.24, 2.45) is 5.92 Å². The van der Waals surface area contributed by atoms with Crippen molar-refractivity contribution in [3.8, 4) is 0 Å². The lowest BCUT2D eigenvalue weighted by Gasteiger charge is -2.28. The molecule has 0 aromatic carbocycles. The molecule has 0 rings (SSSR count). The highest BCUT2D eigenvalue weighted by Gasteiger charge is 2.26. The van der Waals surface area contributed by atoms with Crippen LogP contribution in [0, 0.1) is 5.92 Å². The quantitative estimate of drug-likeness (QED) is 0.736. The van der Waals surface area contributed by atoms with Crippen molar-refractivity contribution in [3.63, 3.8) is 0 Å². The maximum absolute atomic E-state index is 10.8. The third-order valence-electron chi connectivity index (χ3n) is 1.86. The number of carbonyl (C=O) groups is 1. The summed E-state index contributed by atoms with van der Waals surface area (Å²) in [6.07, 6.45) is 0.370. The zero-order valence-electron chi connectivity index (χ0n) is 9.13. The second kappa shape index (κ2) is 4.61. The molecule has 0 heterocycles. The monoisotopic (exact) mass is 188 g/mol. The Balaban J connectivity index is 4.22. The standard InChI is InChI=1S/C10H20O3/c1-6-8(9(11)12)7(2)13-10(3,4)5/h7-8H,6H2,1-5H3,(H,11,12)/t7-,8+/m1/s1. The second-order valence-electron chi connectivity index (χ2n) is 4.29. The summed E-state index contributed by atoms with van der Waals surface area (Å²) in [6.45, 7) is 9.46. The van der Waals surface area contributed by atoms with E-state index in [9.17, 15) is 4.79 Å². The number of carboxylic acid groups (broad SMARTS) is 1. The molecular formula is C10H20O3. The van der Waals surface area contributed by atoms with Crippen molar-refractivity contribution in [1.82, 2.24) is 0 Å². The predicted octanol–water partition coefficient (Wildman–Crippen LogP) is 2.30. The lowest BCUT2D eigenvalue weighted by molar-refractivity contribution is -0.152. The summed E-state index contributed by atoms with van der Waals surface area (Å²) in [5.74, 6) is -1.18. The summed E-state index contributed by atoms with van der Waals surface area (Å²) in [5, 5.41) is 8.86. The van der Waals surface area contributed by atoms with Crippen LogP contribution in [0.5, 0.6) is 0 Å². The van der Waals surface area contributed by atoms with Crippen LogP contribution in [-0.2, 0) is 9.53 Å². The summed E-state index contributed by atoms with van der Waals surface area (Å²) < 4.78 is 5.57. The van der Waals surface area contributed by atoms with Crippen LogP contribution in [0.4, 0.5) is 0 Å². The molecule has 0 aliphatic carbocycles. The van der Waals surface area contributed by atoms with Gasteiger partial charge in [-0.15, -0.1) is 0 Å². The number of aliphatic carboxylic acids is 1. The minimum Gasteiger partial charge on any atom is -0.481 e. The molecule has 0 aromatic rings. The van der Waals surface area contributed by atoms with Gasteiger partial charge in [0.25, 0.3) is 0 Å². The first-order chi connectivity index (χ1) is 5.78. The molecule has 0 bridgehead atoms. The summed E-state index contributed by atoms with van der Waals surface area (Å²) in [7, 11) is 0. The Bertz CT molecular complexity index is 169. The van der Waals surface area contributed by atoms with Crippen molar-refractivity contribution >= 4 is 5.97 Å². The molecule has 0 aromatic heterocycles. The van der Waals surface area contributed by atoms with Gasteiger partial charge in [-0.05, 0) is 34.1 Å². The van der Waals surface area contributed by atoms with Crippen LogP contribution in [0.25, 0.3) is 0 Å². The van der Waals surface area contributed by atoms with E-state index in [0.717, 1.165) is 0 Å². The van der Waals surface area contributed by atoms with E-state index >= 15 is 0 Å². The molecule has 0 aliphatic heterocycles. The molecule has 0 fully saturated rings. The van der Waals surface area contributed by atoms with Crippen molar-refractivity contribution in [2.75, 3.05) is 0 Å². The van der Waals surface area contributed by atoms with E-state index in [1.807, 2.05) is 34.6 Å². The lowest BCUT2D eigenvalue weighted by Crippen LogP contribution is -2.34. The molecule has 0 unspecified atom stereocenters. The maximum atomic E-state index is 10.8. The lowest BCUT2D eigenvalue weighted by atomic mass is 10.00. The molecule has 78 valence electrons. The Kier molecular flexibility index (Phi) is 4.40. The molecule has 0 radical (unpaired) electrons. The number of ether oxygens (including phenoxy) is 1. The number of rotatable bonds is 4. The smallest absolute Gasteiger partial charge is 0.309 e. The molecule has 13 heavy (non-hydrogen) atoms. The Labute approximate surface area is 80.1 Å². The van der Waals surface area contributed by atoms with Crippen molar-refractivity contribution in [1.29, 1.82) is 0 Å². The average molecular weight is 188 g/mol. The fourth-order valence-electron chi connectivity index (χ4n) is 1.35. The molecule has 3 nitrogen and oxygen atoms in total. The van der Waals surface area contributed by atoms with Gasteiger partial charge >= 0.3 is 5.97 Å². The van der Waals surface area contributed by atoms with Crippen molar-refractivity contribution < 1.29 is 14.6 Å². The number of hydrogen-bond donors (Lipinski definition) is 1. The first kappa shape index (κ1) is 12.4. The minimum atomic E-state index is -0.778. The van der Waals surface area contributed by atoms with Crippen LogP contribution < -0.4 is 0 Å². The molecule has 1 N–H and O–H groups in total. The highest BCUT2D eigenvalue weighted by atomic mass is 16.5. The highest BCUT2D eigenvalue weighted by molar-refractivity contribution is 5.70.